The molecule has 0 fully saturated rings. The summed E-state index contributed by atoms with van der Waals surface area (Å²) in [5.74, 6) is 0.238. The van der Waals surface area contributed by atoms with Crippen LogP contribution in [-0.2, 0) is 0 Å². The normalized spacial score (nSPS) is 11.8. The number of hydrogen-bond donors (Lipinski definition) is 2. The molecule has 0 saturated carbocycles. The molecule has 0 bridgehead atoms. The van der Waals surface area contributed by atoms with Gasteiger partial charge in [-0.3, -0.25) is 4.98 Å². The Morgan fingerprint density at radius 3 is 2.89 bits per heavy atom. The largest absolute Gasteiger partial charge is 0.409 e. The van der Waals surface area contributed by atoms with Gasteiger partial charge in [0.15, 0.2) is 0 Å². The van der Waals surface area contributed by atoms with Gasteiger partial charge in [-0.1, -0.05) is 23.4 Å². The van der Waals surface area contributed by atoms with Crippen LogP contribution in [0.4, 0.5) is 5.69 Å². The summed E-state index contributed by atoms with van der Waals surface area (Å²) in [4.78, 5) is 6.61. The van der Waals surface area contributed by atoms with E-state index in [1.807, 2.05) is 32.2 Å². The van der Waals surface area contributed by atoms with Gasteiger partial charge in [0.2, 0.25) is 0 Å². The van der Waals surface area contributed by atoms with Gasteiger partial charge in [-0.05, 0) is 19.1 Å². The van der Waals surface area contributed by atoms with Crippen LogP contribution in [0.3, 0.4) is 0 Å². The minimum atomic E-state index is 0.238. The fourth-order valence-electron chi connectivity index (χ4n) is 2.05. The predicted octanol–water partition coefficient (Wildman–Crippen LogP) is 2.12. The van der Waals surface area contributed by atoms with E-state index in [9.17, 15) is 0 Å². The monoisotopic (exact) mass is 258 g/mol. The third kappa shape index (κ3) is 2.93. The fraction of sp³-hybridized carbons (Fsp3) is 0.286. The average molecular weight is 258 g/mol. The number of amidine groups is 1. The summed E-state index contributed by atoms with van der Waals surface area (Å²) in [5, 5.41) is 12.7. The lowest BCUT2D eigenvalue weighted by molar-refractivity contribution is 0.317. The van der Waals surface area contributed by atoms with E-state index in [0.29, 0.717) is 13.0 Å². The summed E-state index contributed by atoms with van der Waals surface area (Å²) >= 11 is 0. The lowest BCUT2D eigenvalue weighted by atomic mass is 10.1. The molecule has 100 valence electrons. The first-order valence-electron chi connectivity index (χ1n) is 6.15. The minimum absolute atomic E-state index is 0.238. The second kappa shape index (κ2) is 5.56. The van der Waals surface area contributed by atoms with Crippen LogP contribution < -0.4 is 10.6 Å². The lowest BCUT2D eigenvalue weighted by Gasteiger charge is -2.21. The highest BCUT2D eigenvalue weighted by Gasteiger charge is 2.08. The number of pyridine rings is 1. The van der Waals surface area contributed by atoms with E-state index < -0.39 is 0 Å². The zero-order valence-corrected chi connectivity index (χ0v) is 11.2. The third-order valence-electron chi connectivity index (χ3n) is 3.07. The van der Waals surface area contributed by atoms with Gasteiger partial charge in [0.05, 0.1) is 5.52 Å². The van der Waals surface area contributed by atoms with Crippen LogP contribution in [-0.4, -0.2) is 29.6 Å². The Bertz CT molecular complexity index is 609. The predicted molar refractivity (Wildman–Crippen MR) is 77.8 cm³/mol. The lowest BCUT2D eigenvalue weighted by Crippen LogP contribution is -2.24. The standard InChI is InChI=1S/C14H18N4O/c1-10-9-13(18(2)8-7-14(15)17-19)11-5-3-4-6-12(11)16-10/h3-6,9,19H,7-8H2,1-2H3,(H2,15,17). The van der Waals surface area contributed by atoms with E-state index in [-0.39, 0.29) is 5.84 Å². The van der Waals surface area contributed by atoms with Gasteiger partial charge in [-0.25, -0.2) is 0 Å². The molecule has 2 aromatic rings. The first-order chi connectivity index (χ1) is 9.11. The Balaban J connectivity index is 2.33. The van der Waals surface area contributed by atoms with Gasteiger partial charge < -0.3 is 15.8 Å². The van der Waals surface area contributed by atoms with Crippen LogP contribution in [0.15, 0.2) is 35.5 Å². The molecule has 1 aromatic heterocycles. The van der Waals surface area contributed by atoms with Crippen molar-refractivity contribution >= 4 is 22.4 Å². The number of benzene rings is 1. The van der Waals surface area contributed by atoms with Crippen molar-refractivity contribution in [3.8, 4) is 0 Å². The molecule has 19 heavy (non-hydrogen) atoms. The Morgan fingerprint density at radius 2 is 2.16 bits per heavy atom. The maximum Gasteiger partial charge on any atom is 0.140 e. The van der Waals surface area contributed by atoms with Gasteiger partial charge in [0.1, 0.15) is 5.84 Å². The van der Waals surface area contributed by atoms with Crippen molar-refractivity contribution in [2.45, 2.75) is 13.3 Å². The molecular formula is C14H18N4O. The van der Waals surface area contributed by atoms with E-state index in [2.05, 4.69) is 27.2 Å². The number of anilines is 1. The molecule has 0 saturated heterocycles. The number of para-hydroxylation sites is 1. The molecule has 0 aliphatic carbocycles. The third-order valence-corrected chi connectivity index (χ3v) is 3.07. The van der Waals surface area contributed by atoms with Crippen molar-refractivity contribution in [1.29, 1.82) is 0 Å². The van der Waals surface area contributed by atoms with Crippen molar-refractivity contribution in [3.63, 3.8) is 0 Å². The summed E-state index contributed by atoms with van der Waals surface area (Å²) in [7, 11) is 1.99. The number of nitrogens with zero attached hydrogens (tertiary/aromatic N) is 3. The maximum atomic E-state index is 8.57. The first-order valence-corrected chi connectivity index (χ1v) is 6.15. The van der Waals surface area contributed by atoms with Crippen molar-refractivity contribution in [1.82, 2.24) is 4.98 Å². The number of oxime groups is 1. The fourth-order valence-corrected chi connectivity index (χ4v) is 2.05. The van der Waals surface area contributed by atoms with Crippen molar-refractivity contribution in [2.75, 3.05) is 18.5 Å². The summed E-state index contributed by atoms with van der Waals surface area (Å²) < 4.78 is 0. The zero-order valence-electron chi connectivity index (χ0n) is 11.2. The zero-order chi connectivity index (χ0) is 13.8. The number of fused-ring (bicyclic) bond motifs is 1. The van der Waals surface area contributed by atoms with E-state index in [0.717, 1.165) is 22.3 Å². The van der Waals surface area contributed by atoms with E-state index in [1.54, 1.807) is 0 Å². The molecular weight excluding hydrogens is 240 g/mol. The molecule has 5 heteroatoms. The number of nitrogens with two attached hydrogens (primary N) is 1. The van der Waals surface area contributed by atoms with Gasteiger partial charge >= 0.3 is 0 Å². The Kier molecular flexibility index (Phi) is 3.85. The molecule has 1 aromatic carbocycles. The maximum absolute atomic E-state index is 8.57. The quantitative estimate of drug-likeness (QED) is 0.381. The van der Waals surface area contributed by atoms with Gasteiger partial charge in [0, 0.05) is 36.8 Å². The Hall–Kier alpha value is -2.30. The molecule has 1 heterocycles. The number of hydrogen-bond acceptors (Lipinski definition) is 4. The van der Waals surface area contributed by atoms with Crippen LogP contribution in [0.2, 0.25) is 0 Å². The summed E-state index contributed by atoms with van der Waals surface area (Å²) in [6, 6.07) is 10.1. The molecule has 3 N–H and O–H groups in total. The number of aryl methyl sites for hydroxylation is 1. The Labute approximate surface area is 112 Å². The number of rotatable bonds is 4. The van der Waals surface area contributed by atoms with Crippen LogP contribution in [0.25, 0.3) is 10.9 Å². The minimum Gasteiger partial charge on any atom is -0.409 e. The Morgan fingerprint density at radius 1 is 1.42 bits per heavy atom. The first kappa shape index (κ1) is 13.1. The van der Waals surface area contributed by atoms with Crippen LogP contribution in [0.1, 0.15) is 12.1 Å². The van der Waals surface area contributed by atoms with Gasteiger partial charge in [-0.15, -0.1) is 0 Å². The SMILES string of the molecule is Cc1cc(N(C)CC/C(N)=N/O)c2ccccc2n1. The van der Waals surface area contributed by atoms with Gasteiger partial charge in [0.25, 0.3) is 0 Å². The highest BCUT2D eigenvalue weighted by Crippen LogP contribution is 2.25. The van der Waals surface area contributed by atoms with E-state index in [4.69, 9.17) is 10.9 Å². The van der Waals surface area contributed by atoms with Crippen LogP contribution in [0.5, 0.6) is 0 Å². The van der Waals surface area contributed by atoms with Gasteiger partial charge in [-0.2, -0.15) is 0 Å². The molecule has 2 rings (SSSR count). The second-order valence-corrected chi connectivity index (χ2v) is 4.56. The molecule has 0 unspecified atom stereocenters. The molecule has 0 amide bonds. The molecule has 5 nitrogen and oxygen atoms in total. The average Bonchev–Trinajstić information content (AvgIpc) is 2.43. The van der Waals surface area contributed by atoms with Crippen molar-refractivity contribution in [3.05, 3.63) is 36.0 Å². The van der Waals surface area contributed by atoms with Crippen LogP contribution in [0, 0.1) is 6.92 Å². The van der Waals surface area contributed by atoms with Crippen molar-refractivity contribution in [2.24, 2.45) is 10.9 Å². The highest BCUT2D eigenvalue weighted by molar-refractivity contribution is 5.92. The molecule has 0 spiro atoms. The van der Waals surface area contributed by atoms with E-state index >= 15 is 0 Å². The topological polar surface area (TPSA) is 74.7 Å². The van der Waals surface area contributed by atoms with Crippen LogP contribution >= 0.6 is 0 Å². The van der Waals surface area contributed by atoms with E-state index in [1.165, 1.54) is 0 Å². The summed E-state index contributed by atoms with van der Waals surface area (Å²) in [5.41, 5.74) is 8.56. The molecule has 0 aliphatic heterocycles. The smallest absolute Gasteiger partial charge is 0.140 e. The molecule has 0 aliphatic rings. The second-order valence-electron chi connectivity index (χ2n) is 4.56. The van der Waals surface area contributed by atoms with Crippen molar-refractivity contribution < 1.29 is 5.21 Å². The summed E-state index contributed by atoms with van der Waals surface area (Å²) in [6.07, 6.45) is 0.517. The number of aromatic nitrogens is 1. The highest BCUT2D eigenvalue weighted by atomic mass is 16.4. The molecule has 0 radical (unpaired) electrons. The molecule has 0 atom stereocenters. The summed E-state index contributed by atoms with van der Waals surface area (Å²) in [6.45, 7) is 2.66.